The van der Waals surface area contributed by atoms with Crippen LogP contribution in [0.1, 0.15) is 45.2 Å². The van der Waals surface area contributed by atoms with Gasteiger partial charge >= 0.3 is 17.1 Å². The van der Waals surface area contributed by atoms with Gasteiger partial charge in [-0.1, -0.05) is 0 Å². The van der Waals surface area contributed by atoms with Crippen LogP contribution in [0.3, 0.4) is 0 Å². The highest BCUT2D eigenvalue weighted by atomic mass is 16.1. The monoisotopic (exact) mass is 422 g/mol. The van der Waals surface area contributed by atoms with E-state index in [0.717, 1.165) is 66.5 Å². The average Bonchev–Trinajstić information content (AvgIpc) is 3.41. The van der Waals surface area contributed by atoms with Crippen molar-refractivity contribution in [1.29, 1.82) is 0 Å². The van der Waals surface area contributed by atoms with Crippen molar-refractivity contribution in [3.05, 3.63) is 101 Å². The van der Waals surface area contributed by atoms with E-state index in [1.807, 2.05) is 36.4 Å². The summed E-state index contributed by atoms with van der Waals surface area (Å²) in [5, 5.41) is 0. The second kappa shape index (κ2) is 5.02. The number of benzene rings is 3. The van der Waals surface area contributed by atoms with E-state index in [-0.39, 0.29) is 28.9 Å². The molecule has 0 fully saturated rings. The summed E-state index contributed by atoms with van der Waals surface area (Å²) in [7, 11) is 0. The predicted octanol–water partition coefficient (Wildman–Crippen LogP) is 2.18. The molecule has 0 radical (unpaired) electrons. The van der Waals surface area contributed by atoms with E-state index < -0.39 is 0 Å². The molecule has 9 heteroatoms. The Labute approximate surface area is 176 Å². The SMILES string of the molecule is O=c1[nH]c2cc3c(cc2[nH]1)C1c2cc4[nH]c(=O)[nH]c4cc2C3c2cc3[nH]c(=O)[nH]c3cc21. The van der Waals surface area contributed by atoms with Crippen molar-refractivity contribution in [3.63, 3.8) is 0 Å². The van der Waals surface area contributed by atoms with E-state index in [1.54, 1.807) is 0 Å². The first-order valence-corrected chi connectivity index (χ1v) is 10.3. The zero-order chi connectivity index (χ0) is 21.3. The molecule has 0 saturated carbocycles. The van der Waals surface area contributed by atoms with Gasteiger partial charge in [0.2, 0.25) is 0 Å². The van der Waals surface area contributed by atoms with E-state index in [4.69, 9.17) is 0 Å². The van der Waals surface area contributed by atoms with E-state index in [2.05, 4.69) is 29.9 Å². The summed E-state index contributed by atoms with van der Waals surface area (Å²) in [5.74, 6) is -0.179. The van der Waals surface area contributed by atoms with E-state index in [0.29, 0.717) is 0 Å². The van der Waals surface area contributed by atoms with Crippen LogP contribution in [0.4, 0.5) is 0 Å². The maximum atomic E-state index is 11.9. The van der Waals surface area contributed by atoms with Crippen molar-refractivity contribution >= 4 is 33.1 Å². The van der Waals surface area contributed by atoms with Crippen molar-refractivity contribution in [2.75, 3.05) is 0 Å². The molecule has 0 saturated heterocycles. The topological polar surface area (TPSA) is 146 Å². The normalized spacial score (nSPS) is 18.4. The van der Waals surface area contributed by atoms with E-state index >= 15 is 0 Å². The fourth-order valence-corrected chi connectivity index (χ4v) is 5.85. The Morgan fingerprint density at radius 1 is 0.375 bits per heavy atom. The molecule has 9 nitrogen and oxygen atoms in total. The molecule has 0 unspecified atom stereocenters. The number of rotatable bonds is 0. The highest BCUT2D eigenvalue weighted by Gasteiger charge is 2.42. The van der Waals surface area contributed by atoms with E-state index in [1.165, 1.54) is 0 Å². The van der Waals surface area contributed by atoms with Crippen LogP contribution in [0.2, 0.25) is 0 Å². The van der Waals surface area contributed by atoms with Crippen LogP contribution in [0.25, 0.3) is 33.1 Å². The second-order valence-corrected chi connectivity index (χ2v) is 8.68. The molecule has 0 spiro atoms. The average molecular weight is 422 g/mol. The predicted molar refractivity (Wildman–Crippen MR) is 119 cm³/mol. The van der Waals surface area contributed by atoms with Gasteiger partial charge in [0.25, 0.3) is 0 Å². The molecule has 6 N–H and O–H groups in total. The molecule has 3 aliphatic rings. The van der Waals surface area contributed by atoms with Crippen molar-refractivity contribution < 1.29 is 0 Å². The highest BCUT2D eigenvalue weighted by Crippen LogP contribution is 2.57. The minimum atomic E-state index is -0.235. The van der Waals surface area contributed by atoms with Gasteiger partial charge in [0.1, 0.15) is 0 Å². The zero-order valence-corrected chi connectivity index (χ0v) is 16.3. The lowest BCUT2D eigenvalue weighted by molar-refractivity contribution is 0.760. The van der Waals surface area contributed by atoms with E-state index in [9.17, 15) is 14.4 Å². The van der Waals surface area contributed by atoms with Gasteiger partial charge in [-0.25, -0.2) is 14.4 Å². The standard InChI is InChI=1S/C23H14N6O3/c30-21-24-13-1-7-8(2-14(13)25-21)20-11-5-17-15(26-22(31)28-17)3-9(11)19(7)10-4-16-18(6-12(10)20)29-23(32)27-16/h1-6,19-20H,(H2,24,25,30)(H2,26,28,31)(H2,27,29,32). The van der Waals surface area contributed by atoms with Crippen LogP contribution < -0.4 is 17.1 Å². The number of imidazole rings is 3. The number of H-pyrrole nitrogens is 6. The molecule has 9 rings (SSSR count). The van der Waals surface area contributed by atoms with Gasteiger partial charge in [0.15, 0.2) is 0 Å². The molecular formula is C23H14N6O3. The van der Waals surface area contributed by atoms with Gasteiger partial charge in [-0.15, -0.1) is 0 Å². The smallest absolute Gasteiger partial charge is 0.306 e. The minimum absolute atomic E-state index is 0.0894. The lowest BCUT2D eigenvalue weighted by atomic mass is 9.61. The van der Waals surface area contributed by atoms with Crippen LogP contribution in [0, 0.1) is 0 Å². The van der Waals surface area contributed by atoms with Crippen LogP contribution in [-0.4, -0.2) is 29.9 Å². The Kier molecular flexibility index (Phi) is 2.54. The van der Waals surface area contributed by atoms with Crippen LogP contribution in [-0.2, 0) is 0 Å². The van der Waals surface area contributed by atoms with Crippen LogP contribution >= 0.6 is 0 Å². The van der Waals surface area contributed by atoms with Gasteiger partial charge in [-0.2, -0.15) is 0 Å². The Bertz CT molecular complexity index is 1610. The molecule has 0 atom stereocenters. The first-order valence-electron chi connectivity index (χ1n) is 10.3. The number of aromatic nitrogens is 6. The molecule has 0 aliphatic heterocycles. The third kappa shape index (κ3) is 1.82. The number of nitrogens with one attached hydrogen (secondary N) is 6. The summed E-state index contributed by atoms with van der Waals surface area (Å²) in [6.07, 6.45) is 0. The minimum Gasteiger partial charge on any atom is -0.306 e. The molecule has 3 heterocycles. The molecule has 6 aromatic rings. The van der Waals surface area contributed by atoms with Crippen molar-refractivity contribution in [1.82, 2.24) is 29.9 Å². The molecule has 3 aliphatic carbocycles. The third-order valence-corrected chi connectivity index (χ3v) is 7.02. The molecule has 32 heavy (non-hydrogen) atoms. The molecule has 0 amide bonds. The summed E-state index contributed by atoms with van der Waals surface area (Å²) in [6.45, 7) is 0. The lowest BCUT2D eigenvalue weighted by Crippen LogP contribution is -2.27. The van der Waals surface area contributed by atoms with Gasteiger partial charge in [0, 0.05) is 11.8 Å². The summed E-state index contributed by atoms with van der Waals surface area (Å²) < 4.78 is 0. The van der Waals surface area contributed by atoms with Gasteiger partial charge in [-0.05, 0) is 69.8 Å². The van der Waals surface area contributed by atoms with Gasteiger partial charge in [-0.3, -0.25) is 0 Å². The fourth-order valence-electron chi connectivity index (χ4n) is 5.85. The number of hydrogen-bond acceptors (Lipinski definition) is 3. The Morgan fingerprint density at radius 3 is 0.750 bits per heavy atom. The number of fused-ring (bicyclic) bond motifs is 3. The first kappa shape index (κ1) is 16.2. The second-order valence-electron chi connectivity index (χ2n) is 8.68. The first-order chi connectivity index (χ1) is 15.5. The maximum Gasteiger partial charge on any atom is 0.323 e. The van der Waals surface area contributed by atoms with Crippen molar-refractivity contribution in [2.24, 2.45) is 0 Å². The summed E-state index contributed by atoms with van der Waals surface area (Å²) >= 11 is 0. The summed E-state index contributed by atoms with van der Waals surface area (Å²) in [5.41, 5.74) is 10.6. The molecule has 2 bridgehead atoms. The molecule has 154 valence electrons. The lowest BCUT2D eigenvalue weighted by Gasteiger charge is -2.42. The van der Waals surface area contributed by atoms with Crippen LogP contribution in [0.5, 0.6) is 0 Å². The summed E-state index contributed by atoms with van der Waals surface area (Å²) in [6, 6.07) is 12.3. The number of aromatic amines is 6. The molecule has 3 aromatic heterocycles. The largest absolute Gasteiger partial charge is 0.323 e. The Hall–Kier alpha value is -4.53. The number of hydrogen-bond donors (Lipinski definition) is 6. The quantitative estimate of drug-likeness (QED) is 0.223. The van der Waals surface area contributed by atoms with Gasteiger partial charge < -0.3 is 29.9 Å². The van der Waals surface area contributed by atoms with Gasteiger partial charge in [0.05, 0.1) is 33.1 Å². The van der Waals surface area contributed by atoms with Crippen LogP contribution in [0.15, 0.2) is 50.8 Å². The van der Waals surface area contributed by atoms with Crippen molar-refractivity contribution in [2.45, 2.75) is 11.8 Å². The fraction of sp³-hybridized carbons (Fsp3) is 0.0870. The zero-order valence-electron chi connectivity index (χ0n) is 16.3. The summed E-state index contributed by atoms with van der Waals surface area (Å²) in [4.78, 5) is 53.0. The Morgan fingerprint density at radius 2 is 0.562 bits per heavy atom. The van der Waals surface area contributed by atoms with Crippen molar-refractivity contribution in [3.8, 4) is 0 Å². The highest BCUT2D eigenvalue weighted by molar-refractivity contribution is 5.87. The molecular weight excluding hydrogens is 408 g/mol. The maximum absolute atomic E-state index is 11.9. The third-order valence-electron chi connectivity index (χ3n) is 7.02. The Balaban J connectivity index is 1.54. The molecule has 3 aromatic carbocycles.